The van der Waals surface area contributed by atoms with Gasteiger partial charge in [-0.3, -0.25) is 0 Å². The van der Waals surface area contributed by atoms with Crippen molar-refractivity contribution in [1.82, 2.24) is 5.32 Å². The number of alkyl carbamates (subject to hydrolysis) is 1. The van der Waals surface area contributed by atoms with Crippen molar-refractivity contribution in [2.75, 3.05) is 6.54 Å². The number of ether oxygens (including phenoxy) is 2. The highest BCUT2D eigenvalue weighted by Crippen LogP contribution is 2.31. The summed E-state index contributed by atoms with van der Waals surface area (Å²) in [4.78, 5) is 35.1. The standard InChI is InChI=1S/C18H20ClNO6/c1-5-10-6-15(21)24-13-8-14(12(19)7-11(10)13)25-16(22)9-20-17(23)26-18(2,3)4/h6-8H,5,9H2,1-4H3,(H,20,23). The third-order valence-corrected chi connectivity index (χ3v) is 3.56. The van der Waals surface area contributed by atoms with Gasteiger partial charge in [0.1, 0.15) is 17.7 Å². The van der Waals surface area contributed by atoms with Crippen LogP contribution in [0.25, 0.3) is 11.0 Å². The largest absolute Gasteiger partial charge is 0.444 e. The van der Waals surface area contributed by atoms with Gasteiger partial charge in [0, 0.05) is 17.5 Å². The molecule has 0 bridgehead atoms. The van der Waals surface area contributed by atoms with E-state index in [1.165, 1.54) is 12.1 Å². The van der Waals surface area contributed by atoms with Crippen LogP contribution in [0.5, 0.6) is 5.75 Å². The Morgan fingerprint density at radius 1 is 1.23 bits per heavy atom. The van der Waals surface area contributed by atoms with Crippen molar-refractivity contribution in [1.29, 1.82) is 0 Å². The minimum Gasteiger partial charge on any atom is -0.444 e. The quantitative estimate of drug-likeness (QED) is 0.495. The fourth-order valence-corrected chi connectivity index (χ4v) is 2.42. The summed E-state index contributed by atoms with van der Waals surface area (Å²) in [5.74, 6) is -0.710. The molecule has 0 aliphatic rings. The molecular weight excluding hydrogens is 362 g/mol. The van der Waals surface area contributed by atoms with E-state index in [9.17, 15) is 14.4 Å². The molecule has 0 radical (unpaired) electrons. The van der Waals surface area contributed by atoms with Crippen molar-refractivity contribution in [3.8, 4) is 5.75 Å². The molecule has 1 aromatic heterocycles. The predicted octanol–water partition coefficient (Wildman–Crippen LogP) is 3.44. The maximum atomic E-state index is 11.9. The van der Waals surface area contributed by atoms with Crippen molar-refractivity contribution in [3.05, 3.63) is 39.2 Å². The molecule has 8 heteroatoms. The Hall–Kier alpha value is -2.54. The zero-order valence-corrected chi connectivity index (χ0v) is 15.7. The van der Waals surface area contributed by atoms with Crippen LogP contribution in [0.15, 0.2) is 27.4 Å². The smallest absolute Gasteiger partial charge is 0.408 e. The first-order valence-electron chi connectivity index (χ1n) is 8.03. The molecule has 0 aliphatic heterocycles. The van der Waals surface area contributed by atoms with Crippen molar-refractivity contribution >= 4 is 34.6 Å². The molecule has 1 N–H and O–H groups in total. The van der Waals surface area contributed by atoms with Gasteiger partial charge >= 0.3 is 17.7 Å². The van der Waals surface area contributed by atoms with Gasteiger partial charge in [-0.2, -0.15) is 0 Å². The number of carbonyl (C=O) groups is 2. The highest BCUT2D eigenvalue weighted by atomic mass is 35.5. The first-order valence-corrected chi connectivity index (χ1v) is 8.40. The second-order valence-electron chi connectivity index (χ2n) is 6.55. The van der Waals surface area contributed by atoms with Gasteiger partial charge in [-0.25, -0.2) is 14.4 Å². The monoisotopic (exact) mass is 381 g/mol. The van der Waals surface area contributed by atoms with Crippen LogP contribution < -0.4 is 15.7 Å². The molecule has 1 aromatic carbocycles. The number of benzene rings is 1. The number of carbonyl (C=O) groups excluding carboxylic acids is 2. The highest BCUT2D eigenvalue weighted by molar-refractivity contribution is 6.33. The zero-order valence-electron chi connectivity index (χ0n) is 15.0. The summed E-state index contributed by atoms with van der Waals surface area (Å²) >= 11 is 6.16. The molecule has 0 fully saturated rings. The Morgan fingerprint density at radius 3 is 2.54 bits per heavy atom. The maximum Gasteiger partial charge on any atom is 0.408 e. The maximum absolute atomic E-state index is 11.9. The average molecular weight is 382 g/mol. The Labute approximate surface area is 155 Å². The summed E-state index contributed by atoms with van der Waals surface area (Å²) in [5.41, 5.74) is -0.130. The molecule has 0 spiro atoms. The van der Waals surface area contributed by atoms with Gasteiger partial charge in [-0.05, 0) is 38.8 Å². The average Bonchev–Trinajstić information content (AvgIpc) is 2.52. The van der Waals surface area contributed by atoms with Crippen LogP contribution in [0.3, 0.4) is 0 Å². The summed E-state index contributed by atoms with van der Waals surface area (Å²) < 4.78 is 15.3. The van der Waals surface area contributed by atoms with E-state index in [2.05, 4.69) is 5.32 Å². The van der Waals surface area contributed by atoms with Gasteiger partial charge in [-0.15, -0.1) is 0 Å². The molecule has 26 heavy (non-hydrogen) atoms. The first kappa shape index (κ1) is 19.8. The molecule has 1 heterocycles. The molecule has 0 saturated heterocycles. The Bertz CT molecular complexity index is 897. The normalized spacial score (nSPS) is 11.3. The van der Waals surface area contributed by atoms with Crippen molar-refractivity contribution in [2.24, 2.45) is 0 Å². The Balaban J connectivity index is 2.13. The summed E-state index contributed by atoms with van der Waals surface area (Å²) in [5, 5.41) is 3.15. The van der Waals surface area contributed by atoms with E-state index in [1.54, 1.807) is 26.8 Å². The molecule has 140 valence electrons. The molecular formula is C18H20ClNO6. The van der Waals surface area contributed by atoms with Crippen LogP contribution in [0, 0.1) is 0 Å². The summed E-state index contributed by atoms with van der Waals surface area (Å²) in [6.45, 7) is 6.62. The molecule has 7 nitrogen and oxygen atoms in total. The number of halogens is 1. The van der Waals surface area contributed by atoms with Crippen LogP contribution in [0.2, 0.25) is 5.02 Å². The second-order valence-corrected chi connectivity index (χ2v) is 6.96. The van der Waals surface area contributed by atoms with Gasteiger partial charge in [0.2, 0.25) is 0 Å². The van der Waals surface area contributed by atoms with Crippen LogP contribution in [-0.4, -0.2) is 24.2 Å². The van der Waals surface area contributed by atoms with Gasteiger partial charge in [-0.1, -0.05) is 18.5 Å². The van der Waals surface area contributed by atoms with Crippen LogP contribution >= 0.6 is 11.6 Å². The summed E-state index contributed by atoms with van der Waals surface area (Å²) in [6.07, 6.45) is -0.116. The number of esters is 1. The minimum atomic E-state index is -0.744. The van der Waals surface area contributed by atoms with E-state index in [1.807, 2.05) is 6.92 Å². The van der Waals surface area contributed by atoms with E-state index < -0.39 is 29.8 Å². The number of aryl methyl sites for hydroxylation is 1. The predicted molar refractivity (Wildman–Crippen MR) is 96.7 cm³/mol. The van der Waals surface area contributed by atoms with Crippen LogP contribution in [-0.2, 0) is 16.0 Å². The number of fused-ring (bicyclic) bond motifs is 1. The fourth-order valence-electron chi connectivity index (χ4n) is 2.22. The van der Waals surface area contributed by atoms with Crippen LogP contribution in [0.1, 0.15) is 33.3 Å². The number of hydrogen-bond donors (Lipinski definition) is 1. The number of amides is 1. The topological polar surface area (TPSA) is 94.8 Å². The minimum absolute atomic E-state index is 0.0339. The lowest BCUT2D eigenvalue weighted by Crippen LogP contribution is -2.36. The molecule has 0 aliphatic carbocycles. The number of nitrogens with one attached hydrogen (secondary N) is 1. The van der Waals surface area contributed by atoms with Gasteiger partial charge in [0.25, 0.3) is 0 Å². The second kappa shape index (κ2) is 7.78. The van der Waals surface area contributed by atoms with E-state index in [4.69, 9.17) is 25.5 Å². The third kappa shape index (κ3) is 5.23. The number of hydrogen-bond acceptors (Lipinski definition) is 6. The molecule has 2 rings (SSSR count). The van der Waals surface area contributed by atoms with Gasteiger partial charge < -0.3 is 19.2 Å². The molecule has 2 aromatic rings. The van der Waals surface area contributed by atoms with Gasteiger partial charge in [0.15, 0.2) is 5.75 Å². The van der Waals surface area contributed by atoms with E-state index >= 15 is 0 Å². The molecule has 0 saturated carbocycles. The zero-order chi connectivity index (χ0) is 19.5. The molecule has 0 atom stereocenters. The number of rotatable bonds is 4. The lowest BCUT2D eigenvalue weighted by atomic mass is 10.1. The van der Waals surface area contributed by atoms with E-state index in [0.717, 1.165) is 5.56 Å². The lowest BCUT2D eigenvalue weighted by Gasteiger charge is -2.19. The molecule has 0 unspecified atom stereocenters. The van der Waals surface area contributed by atoms with Crippen LogP contribution in [0.4, 0.5) is 4.79 Å². The van der Waals surface area contributed by atoms with Crippen molar-refractivity contribution < 1.29 is 23.5 Å². The van der Waals surface area contributed by atoms with Crippen molar-refractivity contribution in [3.63, 3.8) is 0 Å². The van der Waals surface area contributed by atoms with Gasteiger partial charge in [0.05, 0.1) is 5.02 Å². The first-order chi connectivity index (χ1) is 12.1. The summed E-state index contributed by atoms with van der Waals surface area (Å²) in [6, 6.07) is 4.35. The lowest BCUT2D eigenvalue weighted by molar-refractivity contribution is -0.133. The fraction of sp³-hybridized carbons (Fsp3) is 0.389. The SMILES string of the molecule is CCc1cc(=O)oc2cc(OC(=O)CNC(=O)OC(C)(C)C)c(Cl)cc12. The third-order valence-electron chi connectivity index (χ3n) is 3.26. The highest BCUT2D eigenvalue weighted by Gasteiger charge is 2.18. The Kier molecular flexibility index (Phi) is 5.92. The van der Waals surface area contributed by atoms with Crippen molar-refractivity contribution in [2.45, 2.75) is 39.7 Å². The summed E-state index contributed by atoms with van der Waals surface area (Å²) in [7, 11) is 0. The van der Waals surface area contributed by atoms with E-state index in [0.29, 0.717) is 11.8 Å². The van der Waals surface area contributed by atoms with E-state index in [-0.39, 0.29) is 16.4 Å². The Morgan fingerprint density at radius 2 is 1.92 bits per heavy atom. The molecule has 1 amide bonds.